The number of benzene rings is 1. The summed E-state index contributed by atoms with van der Waals surface area (Å²) in [5, 5.41) is 6.98. The first-order chi connectivity index (χ1) is 8.83. The van der Waals surface area contributed by atoms with Crippen LogP contribution < -0.4 is 5.32 Å². The number of nitrogens with zero attached hydrogens (tertiary/aromatic N) is 1. The van der Waals surface area contributed by atoms with Gasteiger partial charge in [-0.25, -0.2) is 4.98 Å². The molecular formula is C15H18N2S. The van der Waals surface area contributed by atoms with E-state index in [1.807, 2.05) is 17.4 Å². The first kappa shape index (κ1) is 11.7. The minimum absolute atomic E-state index is 0.755. The lowest BCUT2D eigenvalue weighted by atomic mass is 10.3. The SMILES string of the molecule is CC1CC1c1nc(CCNc2ccccc2)cs1. The van der Waals surface area contributed by atoms with Crippen LogP contribution in [0.2, 0.25) is 0 Å². The van der Waals surface area contributed by atoms with Gasteiger partial charge < -0.3 is 5.32 Å². The van der Waals surface area contributed by atoms with Crippen molar-refractivity contribution >= 4 is 17.0 Å². The molecule has 0 amide bonds. The quantitative estimate of drug-likeness (QED) is 0.879. The van der Waals surface area contributed by atoms with E-state index < -0.39 is 0 Å². The smallest absolute Gasteiger partial charge is 0.0962 e. The van der Waals surface area contributed by atoms with Crippen molar-refractivity contribution in [2.75, 3.05) is 11.9 Å². The summed E-state index contributed by atoms with van der Waals surface area (Å²) in [5.41, 5.74) is 2.42. The van der Waals surface area contributed by atoms with E-state index in [1.54, 1.807) is 0 Å². The number of nitrogens with one attached hydrogen (secondary N) is 1. The second-order valence-electron chi connectivity index (χ2n) is 5.04. The largest absolute Gasteiger partial charge is 0.385 e. The van der Waals surface area contributed by atoms with Crippen LogP contribution in [0.5, 0.6) is 0 Å². The summed E-state index contributed by atoms with van der Waals surface area (Å²) in [5.74, 6) is 1.61. The van der Waals surface area contributed by atoms with Crippen LogP contribution >= 0.6 is 11.3 Å². The zero-order chi connectivity index (χ0) is 12.4. The van der Waals surface area contributed by atoms with Gasteiger partial charge in [0.2, 0.25) is 0 Å². The molecule has 18 heavy (non-hydrogen) atoms. The van der Waals surface area contributed by atoms with Crippen molar-refractivity contribution in [2.45, 2.75) is 25.7 Å². The highest BCUT2D eigenvalue weighted by Crippen LogP contribution is 2.47. The zero-order valence-corrected chi connectivity index (χ0v) is 11.4. The molecule has 0 radical (unpaired) electrons. The average Bonchev–Trinajstić information content (AvgIpc) is 2.94. The summed E-state index contributed by atoms with van der Waals surface area (Å²) >= 11 is 1.83. The monoisotopic (exact) mass is 258 g/mol. The van der Waals surface area contributed by atoms with E-state index in [0.717, 1.165) is 24.8 Å². The molecule has 2 aromatic rings. The fourth-order valence-corrected chi connectivity index (χ4v) is 3.27. The maximum absolute atomic E-state index is 4.73. The van der Waals surface area contributed by atoms with E-state index in [1.165, 1.54) is 22.8 Å². The highest BCUT2D eigenvalue weighted by atomic mass is 32.1. The van der Waals surface area contributed by atoms with Gasteiger partial charge in [-0.1, -0.05) is 25.1 Å². The van der Waals surface area contributed by atoms with Crippen LogP contribution in [0, 0.1) is 5.92 Å². The van der Waals surface area contributed by atoms with E-state index in [-0.39, 0.29) is 0 Å². The Labute approximate surface area is 112 Å². The number of para-hydroxylation sites is 1. The summed E-state index contributed by atoms with van der Waals surface area (Å²) in [6, 6.07) is 10.3. The second-order valence-corrected chi connectivity index (χ2v) is 5.93. The molecule has 2 nitrogen and oxygen atoms in total. The van der Waals surface area contributed by atoms with Crippen LogP contribution in [-0.4, -0.2) is 11.5 Å². The molecule has 3 heteroatoms. The standard InChI is InChI=1S/C15H18N2S/c1-11-9-14(11)15-17-13(10-18-15)7-8-16-12-5-3-2-4-6-12/h2-6,10-11,14,16H,7-9H2,1H3. The molecule has 1 saturated carbocycles. The van der Waals surface area contributed by atoms with E-state index in [0.29, 0.717) is 0 Å². The van der Waals surface area contributed by atoms with Gasteiger partial charge in [0.1, 0.15) is 0 Å². The molecule has 0 spiro atoms. The van der Waals surface area contributed by atoms with E-state index in [4.69, 9.17) is 4.98 Å². The third kappa shape index (κ3) is 2.72. The van der Waals surface area contributed by atoms with Gasteiger partial charge in [-0.2, -0.15) is 0 Å². The van der Waals surface area contributed by atoms with Crippen molar-refractivity contribution in [1.82, 2.24) is 4.98 Å². The molecule has 94 valence electrons. The van der Waals surface area contributed by atoms with Crippen LogP contribution in [0.3, 0.4) is 0 Å². The minimum Gasteiger partial charge on any atom is -0.385 e. The molecule has 2 atom stereocenters. The number of anilines is 1. The van der Waals surface area contributed by atoms with Crippen molar-refractivity contribution in [3.05, 3.63) is 46.4 Å². The topological polar surface area (TPSA) is 24.9 Å². The number of aromatic nitrogens is 1. The zero-order valence-electron chi connectivity index (χ0n) is 10.6. The van der Waals surface area contributed by atoms with E-state index in [9.17, 15) is 0 Å². The number of hydrogen-bond acceptors (Lipinski definition) is 3. The molecule has 0 bridgehead atoms. The van der Waals surface area contributed by atoms with Gasteiger partial charge in [-0.15, -0.1) is 11.3 Å². The Kier molecular flexibility index (Phi) is 3.33. The summed E-state index contributed by atoms with van der Waals surface area (Å²) < 4.78 is 0. The summed E-state index contributed by atoms with van der Waals surface area (Å²) in [6.07, 6.45) is 2.34. The molecule has 3 rings (SSSR count). The highest BCUT2D eigenvalue weighted by molar-refractivity contribution is 7.09. The Balaban J connectivity index is 1.50. The fourth-order valence-electron chi connectivity index (χ4n) is 2.16. The molecule has 1 aliphatic carbocycles. The molecule has 1 aromatic heterocycles. The lowest BCUT2D eigenvalue weighted by Gasteiger charge is -2.03. The van der Waals surface area contributed by atoms with Gasteiger partial charge in [-0.3, -0.25) is 0 Å². The minimum atomic E-state index is 0.755. The molecule has 0 aliphatic heterocycles. The summed E-state index contributed by atoms with van der Waals surface area (Å²) in [6.45, 7) is 3.26. The van der Waals surface area contributed by atoms with Crippen LogP contribution in [0.25, 0.3) is 0 Å². The normalized spacial score (nSPS) is 21.8. The fraction of sp³-hybridized carbons (Fsp3) is 0.400. The maximum atomic E-state index is 4.73. The van der Waals surface area contributed by atoms with Gasteiger partial charge in [0.15, 0.2) is 0 Å². The third-order valence-corrected chi connectivity index (χ3v) is 4.51. The van der Waals surface area contributed by atoms with Crippen molar-refractivity contribution in [3.63, 3.8) is 0 Å². The molecule has 1 aromatic carbocycles. The average molecular weight is 258 g/mol. The van der Waals surface area contributed by atoms with Gasteiger partial charge in [0.25, 0.3) is 0 Å². The first-order valence-corrected chi connectivity index (χ1v) is 7.44. The van der Waals surface area contributed by atoms with Crippen molar-refractivity contribution in [1.29, 1.82) is 0 Å². The van der Waals surface area contributed by atoms with E-state index in [2.05, 4.69) is 41.9 Å². The molecule has 1 heterocycles. The molecular weight excluding hydrogens is 240 g/mol. The predicted molar refractivity (Wildman–Crippen MR) is 77.3 cm³/mol. The molecule has 1 aliphatic rings. The first-order valence-electron chi connectivity index (χ1n) is 6.56. The second kappa shape index (κ2) is 5.11. The van der Waals surface area contributed by atoms with Gasteiger partial charge in [0, 0.05) is 30.0 Å². The Morgan fingerprint density at radius 3 is 2.83 bits per heavy atom. The van der Waals surface area contributed by atoms with Crippen molar-refractivity contribution < 1.29 is 0 Å². The maximum Gasteiger partial charge on any atom is 0.0962 e. The number of thiazole rings is 1. The Morgan fingerprint density at radius 1 is 1.33 bits per heavy atom. The van der Waals surface area contributed by atoms with Crippen LogP contribution in [0.15, 0.2) is 35.7 Å². The predicted octanol–water partition coefficient (Wildman–Crippen LogP) is 3.92. The van der Waals surface area contributed by atoms with Crippen LogP contribution in [-0.2, 0) is 6.42 Å². The third-order valence-electron chi connectivity index (χ3n) is 3.48. The molecule has 1 N–H and O–H groups in total. The van der Waals surface area contributed by atoms with E-state index >= 15 is 0 Å². The summed E-state index contributed by atoms with van der Waals surface area (Å²) in [4.78, 5) is 4.73. The lowest BCUT2D eigenvalue weighted by molar-refractivity contribution is 0.887. The number of hydrogen-bond donors (Lipinski definition) is 1. The molecule has 2 unspecified atom stereocenters. The van der Waals surface area contributed by atoms with Gasteiger partial charge in [0.05, 0.1) is 10.7 Å². The van der Waals surface area contributed by atoms with Crippen molar-refractivity contribution in [2.24, 2.45) is 5.92 Å². The van der Waals surface area contributed by atoms with Crippen LogP contribution in [0.4, 0.5) is 5.69 Å². The molecule has 1 fully saturated rings. The van der Waals surface area contributed by atoms with Crippen molar-refractivity contribution in [3.8, 4) is 0 Å². The molecule has 0 saturated heterocycles. The Morgan fingerprint density at radius 2 is 2.11 bits per heavy atom. The number of rotatable bonds is 5. The Hall–Kier alpha value is -1.35. The van der Waals surface area contributed by atoms with Crippen LogP contribution in [0.1, 0.15) is 30.0 Å². The summed E-state index contributed by atoms with van der Waals surface area (Å²) in [7, 11) is 0. The highest BCUT2D eigenvalue weighted by Gasteiger charge is 2.36. The van der Waals surface area contributed by atoms with Gasteiger partial charge >= 0.3 is 0 Å². The van der Waals surface area contributed by atoms with Gasteiger partial charge in [-0.05, 0) is 24.5 Å². The lowest BCUT2D eigenvalue weighted by Crippen LogP contribution is -2.04. The Bertz CT molecular complexity index is 506.